The molecule has 1 saturated heterocycles. The van der Waals surface area contributed by atoms with Crippen molar-refractivity contribution >= 4 is 23.3 Å². The van der Waals surface area contributed by atoms with E-state index < -0.39 is 17.9 Å². The lowest BCUT2D eigenvalue weighted by molar-refractivity contribution is -0.139. The van der Waals surface area contributed by atoms with Crippen LogP contribution in [0.1, 0.15) is 37.5 Å². The molecular weight excluding hydrogens is 366 g/mol. The predicted octanol–water partition coefficient (Wildman–Crippen LogP) is 3.22. The highest BCUT2D eigenvalue weighted by atomic mass is 32.1. The molecule has 2 aliphatic heterocycles. The molecule has 0 bridgehead atoms. The van der Waals surface area contributed by atoms with Crippen LogP contribution < -0.4 is 0 Å². The van der Waals surface area contributed by atoms with Crippen molar-refractivity contribution in [3.8, 4) is 0 Å². The van der Waals surface area contributed by atoms with Crippen molar-refractivity contribution in [1.82, 2.24) is 4.90 Å². The van der Waals surface area contributed by atoms with Crippen LogP contribution in [0.3, 0.4) is 0 Å². The molecule has 0 aliphatic carbocycles. The summed E-state index contributed by atoms with van der Waals surface area (Å²) in [5.74, 6) is -1.31. The largest absolute Gasteiger partial charge is 0.463 e. The van der Waals surface area contributed by atoms with Crippen LogP contribution in [-0.2, 0) is 23.8 Å². The van der Waals surface area contributed by atoms with Gasteiger partial charge in [0.2, 0.25) is 0 Å². The third-order valence-electron chi connectivity index (χ3n) is 4.52. The summed E-state index contributed by atoms with van der Waals surface area (Å²) in [6.45, 7) is 5.43. The monoisotopic (exact) mass is 391 g/mol. The fraction of sp³-hybridized carbons (Fsp3) is 0.500. The van der Waals surface area contributed by atoms with Gasteiger partial charge in [0.1, 0.15) is 0 Å². The van der Waals surface area contributed by atoms with Crippen molar-refractivity contribution in [2.75, 3.05) is 26.4 Å². The highest BCUT2D eigenvalue weighted by Gasteiger charge is 2.36. The normalized spacial score (nSPS) is 20.2. The highest BCUT2D eigenvalue weighted by molar-refractivity contribution is 7.10. The van der Waals surface area contributed by atoms with Gasteiger partial charge in [-0.2, -0.15) is 0 Å². The molecule has 0 spiro atoms. The van der Waals surface area contributed by atoms with Crippen LogP contribution in [0.2, 0.25) is 0 Å². The number of carbonyl (C=O) groups is 2. The maximum Gasteiger partial charge on any atom is 0.336 e. The SMILES string of the molecule is CCOC(=O)C1=CN(CC2CCCO2)C=C(C(=O)OCC)C1c1cccs1. The first-order chi connectivity index (χ1) is 13.1. The van der Waals surface area contributed by atoms with E-state index in [0.717, 1.165) is 24.3 Å². The average molecular weight is 391 g/mol. The van der Waals surface area contributed by atoms with Gasteiger partial charge in [-0.1, -0.05) is 6.07 Å². The van der Waals surface area contributed by atoms with Crippen LogP contribution in [0, 0.1) is 0 Å². The van der Waals surface area contributed by atoms with Crippen LogP contribution in [0.25, 0.3) is 0 Å². The van der Waals surface area contributed by atoms with E-state index in [4.69, 9.17) is 14.2 Å². The molecule has 1 unspecified atom stereocenters. The Bertz CT molecular complexity index is 683. The van der Waals surface area contributed by atoms with Crippen LogP contribution in [-0.4, -0.2) is 49.3 Å². The number of esters is 2. The minimum Gasteiger partial charge on any atom is -0.463 e. The molecule has 1 aromatic rings. The number of carbonyl (C=O) groups excluding carboxylic acids is 2. The lowest BCUT2D eigenvalue weighted by Gasteiger charge is -2.30. The van der Waals surface area contributed by atoms with Crippen LogP contribution >= 0.6 is 11.3 Å². The average Bonchev–Trinajstić information content (AvgIpc) is 3.35. The Morgan fingerprint density at radius 3 is 2.33 bits per heavy atom. The molecule has 0 radical (unpaired) electrons. The summed E-state index contributed by atoms with van der Waals surface area (Å²) < 4.78 is 16.3. The van der Waals surface area contributed by atoms with Crippen LogP contribution in [0.4, 0.5) is 0 Å². The molecule has 0 N–H and O–H groups in total. The van der Waals surface area contributed by atoms with E-state index in [-0.39, 0.29) is 19.3 Å². The van der Waals surface area contributed by atoms with Crippen LogP contribution in [0.5, 0.6) is 0 Å². The maximum atomic E-state index is 12.7. The molecule has 27 heavy (non-hydrogen) atoms. The third-order valence-corrected chi connectivity index (χ3v) is 5.46. The fourth-order valence-electron chi connectivity index (χ4n) is 3.37. The van der Waals surface area contributed by atoms with Gasteiger partial charge in [0, 0.05) is 30.4 Å². The second-order valence-electron chi connectivity index (χ2n) is 6.39. The van der Waals surface area contributed by atoms with E-state index in [1.165, 1.54) is 11.3 Å². The van der Waals surface area contributed by atoms with Crippen molar-refractivity contribution in [2.24, 2.45) is 0 Å². The molecule has 146 valence electrons. The van der Waals surface area contributed by atoms with Crippen molar-refractivity contribution in [1.29, 1.82) is 0 Å². The third kappa shape index (κ3) is 4.59. The van der Waals surface area contributed by atoms with E-state index in [1.807, 2.05) is 22.4 Å². The Morgan fingerprint density at radius 2 is 1.85 bits per heavy atom. The van der Waals surface area contributed by atoms with Gasteiger partial charge < -0.3 is 19.1 Å². The lowest BCUT2D eigenvalue weighted by atomic mass is 9.88. The highest BCUT2D eigenvalue weighted by Crippen LogP contribution is 2.39. The number of rotatable bonds is 7. The number of thiophene rings is 1. The number of nitrogens with zero attached hydrogens (tertiary/aromatic N) is 1. The van der Waals surface area contributed by atoms with Gasteiger partial charge in [-0.3, -0.25) is 0 Å². The zero-order valence-electron chi connectivity index (χ0n) is 15.7. The molecule has 3 heterocycles. The summed E-state index contributed by atoms with van der Waals surface area (Å²) in [7, 11) is 0. The van der Waals surface area contributed by atoms with E-state index >= 15 is 0 Å². The molecule has 1 aromatic heterocycles. The Hall–Kier alpha value is -2.12. The van der Waals surface area contributed by atoms with Gasteiger partial charge in [0.05, 0.1) is 36.4 Å². The molecule has 6 nitrogen and oxygen atoms in total. The standard InChI is InChI=1S/C20H25NO5S/c1-3-24-19(22)15-12-21(11-14-7-5-9-26-14)13-16(20(23)25-4-2)18(15)17-8-6-10-27-17/h6,8,10,12-14,18H,3-5,7,9,11H2,1-2H3. The first-order valence-electron chi connectivity index (χ1n) is 9.32. The minimum absolute atomic E-state index is 0.0858. The van der Waals surface area contributed by atoms with E-state index in [1.54, 1.807) is 26.2 Å². The molecule has 0 amide bonds. The summed E-state index contributed by atoms with van der Waals surface area (Å²) in [4.78, 5) is 28.1. The zero-order valence-corrected chi connectivity index (χ0v) is 16.5. The number of ether oxygens (including phenoxy) is 3. The van der Waals surface area contributed by atoms with Crippen LogP contribution in [0.15, 0.2) is 41.1 Å². The first kappa shape index (κ1) is 19.6. The van der Waals surface area contributed by atoms with Crippen molar-refractivity contribution in [3.63, 3.8) is 0 Å². The molecular formula is C20H25NO5S. The second-order valence-corrected chi connectivity index (χ2v) is 7.37. The topological polar surface area (TPSA) is 65.1 Å². The summed E-state index contributed by atoms with van der Waals surface area (Å²) in [5, 5.41) is 1.93. The lowest BCUT2D eigenvalue weighted by Crippen LogP contribution is -2.32. The van der Waals surface area contributed by atoms with Gasteiger partial charge in [-0.15, -0.1) is 11.3 Å². The smallest absolute Gasteiger partial charge is 0.336 e. The zero-order chi connectivity index (χ0) is 19.2. The Labute approximate surface area is 163 Å². The summed E-state index contributed by atoms with van der Waals surface area (Å²) in [6, 6.07) is 3.83. The van der Waals surface area contributed by atoms with E-state index in [9.17, 15) is 9.59 Å². The Morgan fingerprint density at radius 1 is 1.19 bits per heavy atom. The summed E-state index contributed by atoms with van der Waals surface area (Å²) in [6.07, 6.45) is 5.65. The van der Waals surface area contributed by atoms with E-state index in [0.29, 0.717) is 17.7 Å². The van der Waals surface area contributed by atoms with Gasteiger partial charge in [0.15, 0.2) is 0 Å². The summed E-state index contributed by atoms with van der Waals surface area (Å²) in [5.41, 5.74) is 0.894. The number of hydrogen-bond acceptors (Lipinski definition) is 7. The molecule has 0 aromatic carbocycles. The maximum absolute atomic E-state index is 12.7. The van der Waals surface area contributed by atoms with Gasteiger partial charge in [0.25, 0.3) is 0 Å². The van der Waals surface area contributed by atoms with Crippen molar-refractivity contribution in [3.05, 3.63) is 45.9 Å². The minimum atomic E-state index is -0.483. The molecule has 7 heteroatoms. The molecule has 2 aliphatic rings. The predicted molar refractivity (Wildman–Crippen MR) is 102 cm³/mol. The molecule has 1 atom stereocenters. The first-order valence-corrected chi connectivity index (χ1v) is 10.2. The van der Waals surface area contributed by atoms with Gasteiger partial charge >= 0.3 is 11.9 Å². The second kappa shape index (κ2) is 9.19. The van der Waals surface area contributed by atoms with Gasteiger partial charge in [-0.05, 0) is 38.1 Å². The van der Waals surface area contributed by atoms with Crippen molar-refractivity contribution in [2.45, 2.75) is 38.7 Å². The Kier molecular flexibility index (Phi) is 6.68. The molecule has 1 fully saturated rings. The quantitative estimate of drug-likeness (QED) is 0.665. The van der Waals surface area contributed by atoms with Crippen molar-refractivity contribution < 1.29 is 23.8 Å². The Balaban J connectivity index is 1.97. The summed E-state index contributed by atoms with van der Waals surface area (Å²) >= 11 is 1.50. The van der Waals surface area contributed by atoms with E-state index in [2.05, 4.69) is 0 Å². The van der Waals surface area contributed by atoms with Gasteiger partial charge in [-0.25, -0.2) is 9.59 Å². The molecule has 0 saturated carbocycles. The molecule has 3 rings (SSSR count). The fourth-order valence-corrected chi connectivity index (χ4v) is 4.23. The number of hydrogen-bond donors (Lipinski definition) is 0.